The van der Waals surface area contributed by atoms with Gasteiger partial charge in [0.25, 0.3) is 0 Å². The largest absolute Gasteiger partial charge is 0.480 e. The summed E-state index contributed by atoms with van der Waals surface area (Å²) < 4.78 is 42.0. The van der Waals surface area contributed by atoms with Crippen molar-refractivity contribution in [3.05, 3.63) is 89.7 Å². The van der Waals surface area contributed by atoms with Crippen LogP contribution in [0, 0.1) is 11.7 Å². The number of amides is 1. The van der Waals surface area contributed by atoms with Gasteiger partial charge in [-0.25, -0.2) is 17.5 Å². The second-order valence-electron chi connectivity index (χ2n) is 10.2. The number of halogens is 1. The van der Waals surface area contributed by atoms with E-state index in [0.717, 1.165) is 22.3 Å². The maximum Gasteiger partial charge on any atom is 0.317 e. The molecule has 0 aliphatic heterocycles. The summed E-state index contributed by atoms with van der Waals surface area (Å²) in [4.78, 5) is 23.6. The van der Waals surface area contributed by atoms with E-state index in [4.69, 9.17) is 5.11 Å². The fraction of sp³-hybridized carbons (Fsp3) is 0.333. The predicted molar refractivity (Wildman–Crippen MR) is 150 cm³/mol. The summed E-state index contributed by atoms with van der Waals surface area (Å²) in [6.45, 7) is 2.13. The first-order valence-corrected chi connectivity index (χ1v) is 14.8. The van der Waals surface area contributed by atoms with Gasteiger partial charge in [0, 0.05) is 18.5 Å². The number of nitrogens with one attached hydrogen (secondary N) is 3. The van der Waals surface area contributed by atoms with Crippen molar-refractivity contribution in [3.8, 4) is 11.1 Å². The van der Waals surface area contributed by atoms with Crippen molar-refractivity contribution in [2.45, 2.75) is 56.1 Å². The van der Waals surface area contributed by atoms with E-state index < -0.39 is 16.0 Å². The zero-order valence-corrected chi connectivity index (χ0v) is 23.1. The molecule has 40 heavy (non-hydrogen) atoms. The zero-order valence-electron chi connectivity index (χ0n) is 22.3. The highest BCUT2D eigenvalue weighted by molar-refractivity contribution is 7.89. The predicted octanol–water partition coefficient (Wildman–Crippen LogP) is 4.38. The number of hydrogen-bond acceptors (Lipinski definition) is 5. The third kappa shape index (κ3) is 7.97. The highest BCUT2D eigenvalue weighted by Gasteiger charge is 2.29. The quantitative estimate of drug-likeness (QED) is 0.273. The lowest BCUT2D eigenvalue weighted by Gasteiger charge is -2.29. The summed E-state index contributed by atoms with van der Waals surface area (Å²) in [6, 6.07) is 19.8. The number of hydrogen-bond donors (Lipinski definition) is 4. The van der Waals surface area contributed by atoms with E-state index >= 15 is 0 Å². The van der Waals surface area contributed by atoms with Crippen LogP contribution >= 0.6 is 0 Å². The SMILES string of the molecule is C[C@@H](NC(=O)C1CCC(NS(=O)(=O)c2ccc(-c3cccc(CNCC(=O)O)c3)cc2)CC1)c1ccc(F)cc1. The van der Waals surface area contributed by atoms with Crippen LogP contribution in [0.2, 0.25) is 0 Å². The number of carboxylic acid groups (broad SMARTS) is 1. The summed E-state index contributed by atoms with van der Waals surface area (Å²) in [5, 5.41) is 14.6. The fourth-order valence-corrected chi connectivity index (χ4v) is 6.23. The molecule has 0 aromatic heterocycles. The van der Waals surface area contributed by atoms with Crippen LogP contribution in [0.5, 0.6) is 0 Å². The van der Waals surface area contributed by atoms with Gasteiger partial charge in [0.1, 0.15) is 5.82 Å². The molecule has 212 valence electrons. The van der Waals surface area contributed by atoms with E-state index in [1.807, 2.05) is 31.2 Å². The molecule has 8 nitrogen and oxygen atoms in total. The number of carbonyl (C=O) groups excluding carboxylic acids is 1. The summed E-state index contributed by atoms with van der Waals surface area (Å²) in [7, 11) is -3.73. The van der Waals surface area contributed by atoms with Gasteiger partial charge in [-0.3, -0.25) is 9.59 Å². The van der Waals surface area contributed by atoms with Crippen LogP contribution in [-0.2, 0) is 26.2 Å². The third-order valence-electron chi connectivity index (χ3n) is 7.18. The van der Waals surface area contributed by atoms with E-state index in [9.17, 15) is 22.4 Å². The maximum absolute atomic E-state index is 13.2. The molecule has 0 unspecified atom stereocenters. The van der Waals surface area contributed by atoms with Gasteiger partial charge < -0.3 is 15.7 Å². The molecule has 0 heterocycles. The van der Waals surface area contributed by atoms with Crippen LogP contribution in [-0.4, -0.2) is 38.0 Å². The van der Waals surface area contributed by atoms with Crippen molar-refractivity contribution in [1.82, 2.24) is 15.4 Å². The van der Waals surface area contributed by atoms with Gasteiger partial charge in [0.15, 0.2) is 0 Å². The fourth-order valence-electron chi connectivity index (χ4n) is 4.93. The lowest BCUT2D eigenvalue weighted by atomic mass is 9.85. The Bertz CT molecular complexity index is 1420. The maximum atomic E-state index is 13.2. The molecule has 0 spiro atoms. The van der Waals surface area contributed by atoms with Crippen molar-refractivity contribution in [2.75, 3.05) is 6.54 Å². The first-order valence-electron chi connectivity index (χ1n) is 13.3. The van der Waals surface area contributed by atoms with Gasteiger partial charge in [-0.1, -0.05) is 42.5 Å². The molecule has 1 atom stereocenters. The highest BCUT2D eigenvalue weighted by Crippen LogP contribution is 2.28. The molecule has 1 fully saturated rings. The Balaban J connectivity index is 1.29. The van der Waals surface area contributed by atoms with E-state index in [1.54, 1.807) is 36.4 Å². The molecule has 1 amide bonds. The highest BCUT2D eigenvalue weighted by atomic mass is 32.2. The van der Waals surface area contributed by atoms with E-state index in [-0.39, 0.29) is 41.2 Å². The molecule has 10 heteroatoms. The van der Waals surface area contributed by atoms with Gasteiger partial charge in [0.05, 0.1) is 17.5 Å². The molecule has 0 radical (unpaired) electrons. The van der Waals surface area contributed by atoms with Crippen LogP contribution in [0.3, 0.4) is 0 Å². The van der Waals surface area contributed by atoms with Crippen molar-refractivity contribution in [1.29, 1.82) is 0 Å². The number of carboxylic acids is 1. The monoisotopic (exact) mass is 567 g/mol. The Morgan fingerprint density at radius 3 is 2.27 bits per heavy atom. The van der Waals surface area contributed by atoms with Crippen LogP contribution in [0.4, 0.5) is 4.39 Å². The Morgan fingerprint density at radius 1 is 0.950 bits per heavy atom. The molecule has 3 aromatic carbocycles. The smallest absolute Gasteiger partial charge is 0.317 e. The number of benzene rings is 3. The Hall–Kier alpha value is -3.60. The minimum Gasteiger partial charge on any atom is -0.480 e. The Morgan fingerprint density at radius 2 is 1.62 bits per heavy atom. The van der Waals surface area contributed by atoms with Crippen molar-refractivity contribution in [3.63, 3.8) is 0 Å². The first kappa shape index (κ1) is 29.4. The van der Waals surface area contributed by atoms with Crippen LogP contribution in [0.15, 0.2) is 77.7 Å². The number of aliphatic carboxylic acids is 1. The van der Waals surface area contributed by atoms with Gasteiger partial charge in [-0.15, -0.1) is 0 Å². The summed E-state index contributed by atoms with van der Waals surface area (Å²) in [5.74, 6) is -1.52. The van der Waals surface area contributed by atoms with E-state index in [1.165, 1.54) is 12.1 Å². The lowest BCUT2D eigenvalue weighted by Crippen LogP contribution is -2.41. The van der Waals surface area contributed by atoms with Gasteiger partial charge in [-0.05, 0) is 85.2 Å². The van der Waals surface area contributed by atoms with Gasteiger partial charge in [-0.2, -0.15) is 0 Å². The summed E-state index contributed by atoms with van der Waals surface area (Å²) in [6.07, 6.45) is 2.27. The van der Waals surface area contributed by atoms with Crippen molar-refractivity contribution in [2.24, 2.45) is 5.92 Å². The number of rotatable bonds is 11. The standard InChI is InChI=1S/C30H34FN3O5S/c1-20(22-5-11-26(31)12-6-22)33-30(37)24-7-13-27(14-8-24)34-40(38,39)28-15-9-23(10-16-28)25-4-2-3-21(17-25)18-32-19-29(35)36/h2-6,9-12,15-17,20,24,27,32,34H,7-8,13-14,18-19H2,1H3,(H,33,37)(H,35,36)/t20-,24?,27?/m1/s1. The van der Waals surface area contributed by atoms with Crippen LogP contribution in [0.1, 0.15) is 49.8 Å². The van der Waals surface area contributed by atoms with Crippen LogP contribution in [0.25, 0.3) is 11.1 Å². The minimum absolute atomic E-state index is 0.0737. The van der Waals surface area contributed by atoms with E-state index in [0.29, 0.717) is 32.2 Å². The second kappa shape index (κ2) is 13.2. The second-order valence-corrected chi connectivity index (χ2v) is 11.9. The molecular formula is C30H34FN3O5S. The third-order valence-corrected chi connectivity index (χ3v) is 8.72. The molecule has 1 aliphatic rings. The van der Waals surface area contributed by atoms with E-state index in [2.05, 4.69) is 15.4 Å². The molecule has 1 aliphatic carbocycles. The first-order chi connectivity index (χ1) is 19.1. The molecule has 4 rings (SSSR count). The van der Waals surface area contributed by atoms with Crippen LogP contribution < -0.4 is 15.4 Å². The summed E-state index contributed by atoms with van der Waals surface area (Å²) in [5.41, 5.74) is 3.49. The minimum atomic E-state index is -3.73. The Kier molecular flexibility index (Phi) is 9.67. The topological polar surface area (TPSA) is 125 Å². The number of carbonyl (C=O) groups is 2. The normalized spacial score (nSPS) is 18.1. The molecule has 4 N–H and O–H groups in total. The molecular weight excluding hydrogens is 533 g/mol. The lowest BCUT2D eigenvalue weighted by molar-refractivity contribution is -0.136. The Labute approximate surface area is 234 Å². The van der Waals surface area contributed by atoms with Gasteiger partial charge >= 0.3 is 5.97 Å². The molecule has 3 aromatic rings. The number of sulfonamides is 1. The van der Waals surface area contributed by atoms with Crippen molar-refractivity contribution >= 4 is 21.9 Å². The molecule has 0 saturated heterocycles. The average Bonchev–Trinajstić information content (AvgIpc) is 2.93. The summed E-state index contributed by atoms with van der Waals surface area (Å²) >= 11 is 0. The molecule has 1 saturated carbocycles. The van der Waals surface area contributed by atoms with Crippen molar-refractivity contribution < 1.29 is 27.5 Å². The molecule has 0 bridgehead atoms. The zero-order chi connectivity index (χ0) is 28.7. The van der Waals surface area contributed by atoms with Gasteiger partial charge in [0.2, 0.25) is 15.9 Å². The average molecular weight is 568 g/mol.